The number of anilines is 1. The molecule has 3 fully saturated rings. The lowest BCUT2D eigenvalue weighted by Gasteiger charge is -2.37. The maximum absolute atomic E-state index is 13.0. The van der Waals surface area contributed by atoms with E-state index in [-0.39, 0.29) is 0 Å². The second-order valence-corrected chi connectivity index (χ2v) is 8.11. The van der Waals surface area contributed by atoms with E-state index >= 15 is 0 Å². The smallest absolute Gasteiger partial charge is 0.226 e. The Morgan fingerprint density at radius 1 is 1.04 bits per heavy atom. The molecule has 4 nitrogen and oxygen atoms in total. The van der Waals surface area contributed by atoms with E-state index in [1.54, 1.807) is 0 Å². The van der Waals surface area contributed by atoms with Crippen molar-refractivity contribution < 1.29 is 4.79 Å². The number of rotatable bonds is 4. The van der Waals surface area contributed by atoms with Gasteiger partial charge in [0.05, 0.1) is 0 Å². The number of hydrogen-bond acceptors (Lipinski definition) is 3. The van der Waals surface area contributed by atoms with Crippen LogP contribution in [0.25, 0.3) is 0 Å². The number of piperidine rings is 1. The summed E-state index contributed by atoms with van der Waals surface area (Å²) in [7, 11) is 0. The van der Waals surface area contributed by atoms with E-state index in [4.69, 9.17) is 0 Å². The first-order chi connectivity index (χ1) is 12.2. The predicted octanol–water partition coefficient (Wildman–Crippen LogP) is 2.85. The third-order valence-corrected chi connectivity index (χ3v) is 6.59. The van der Waals surface area contributed by atoms with Gasteiger partial charge >= 0.3 is 0 Å². The quantitative estimate of drug-likeness (QED) is 0.842. The molecule has 136 valence electrons. The Morgan fingerprint density at radius 3 is 2.36 bits per heavy atom. The number of piperazine rings is 1. The van der Waals surface area contributed by atoms with Gasteiger partial charge in [-0.1, -0.05) is 25.1 Å². The zero-order valence-corrected chi connectivity index (χ0v) is 15.5. The lowest BCUT2D eigenvalue weighted by atomic mass is 9.90. The van der Waals surface area contributed by atoms with Gasteiger partial charge in [0.1, 0.15) is 0 Å². The van der Waals surface area contributed by atoms with Gasteiger partial charge in [-0.3, -0.25) is 4.79 Å². The molecule has 4 rings (SSSR count). The van der Waals surface area contributed by atoms with Crippen molar-refractivity contribution in [2.75, 3.05) is 50.7 Å². The van der Waals surface area contributed by atoms with Crippen LogP contribution >= 0.6 is 0 Å². The Balaban J connectivity index is 1.28. The van der Waals surface area contributed by atoms with Crippen molar-refractivity contribution in [2.45, 2.75) is 32.6 Å². The number of carbonyl (C=O) groups excluding carboxylic acids is 1. The van der Waals surface area contributed by atoms with Gasteiger partial charge in [0, 0.05) is 37.8 Å². The minimum absolute atomic E-state index is 0.319. The van der Waals surface area contributed by atoms with Gasteiger partial charge in [-0.15, -0.1) is 0 Å². The molecule has 2 heterocycles. The molecule has 0 radical (unpaired) electrons. The van der Waals surface area contributed by atoms with Crippen LogP contribution in [-0.2, 0) is 4.79 Å². The van der Waals surface area contributed by atoms with Crippen LogP contribution in [0.2, 0.25) is 0 Å². The summed E-state index contributed by atoms with van der Waals surface area (Å²) < 4.78 is 0. The number of nitrogens with zero attached hydrogens (tertiary/aromatic N) is 3. The minimum atomic E-state index is 0.319. The van der Waals surface area contributed by atoms with Crippen molar-refractivity contribution in [3.05, 3.63) is 30.3 Å². The Kier molecular flexibility index (Phi) is 4.72. The van der Waals surface area contributed by atoms with E-state index in [1.165, 1.54) is 44.6 Å². The molecule has 4 heteroatoms. The van der Waals surface area contributed by atoms with Crippen LogP contribution in [0.3, 0.4) is 0 Å². The SMILES string of the molecule is CCCN1CCC2(CC1)C[C@@H]2C(=O)N1CCN(c2ccccc2)CC1. The Bertz CT molecular complexity index is 586. The summed E-state index contributed by atoms with van der Waals surface area (Å²) in [4.78, 5) is 20.1. The van der Waals surface area contributed by atoms with Crippen molar-refractivity contribution in [1.29, 1.82) is 0 Å². The highest BCUT2D eigenvalue weighted by atomic mass is 16.2. The molecule has 1 saturated carbocycles. The molecule has 1 aliphatic carbocycles. The minimum Gasteiger partial charge on any atom is -0.368 e. The predicted molar refractivity (Wildman–Crippen MR) is 102 cm³/mol. The van der Waals surface area contributed by atoms with E-state index in [9.17, 15) is 4.79 Å². The van der Waals surface area contributed by atoms with Crippen molar-refractivity contribution >= 4 is 11.6 Å². The number of amides is 1. The van der Waals surface area contributed by atoms with Crippen LogP contribution in [0, 0.1) is 11.3 Å². The summed E-state index contributed by atoms with van der Waals surface area (Å²) in [5, 5.41) is 0. The number of likely N-dealkylation sites (tertiary alicyclic amines) is 1. The van der Waals surface area contributed by atoms with E-state index < -0.39 is 0 Å². The maximum atomic E-state index is 13.0. The summed E-state index contributed by atoms with van der Waals surface area (Å²) in [6, 6.07) is 10.6. The van der Waals surface area contributed by atoms with Crippen molar-refractivity contribution in [3.63, 3.8) is 0 Å². The summed E-state index contributed by atoms with van der Waals surface area (Å²) >= 11 is 0. The molecule has 1 spiro atoms. The van der Waals surface area contributed by atoms with Gasteiger partial charge in [0.2, 0.25) is 5.91 Å². The largest absolute Gasteiger partial charge is 0.368 e. The summed E-state index contributed by atoms with van der Waals surface area (Å²) in [5.41, 5.74) is 1.64. The molecular formula is C21H31N3O. The van der Waals surface area contributed by atoms with Gasteiger partial charge in [-0.25, -0.2) is 0 Å². The normalized spacial score (nSPS) is 26.0. The highest BCUT2D eigenvalue weighted by Crippen LogP contribution is 2.60. The average molecular weight is 341 g/mol. The summed E-state index contributed by atoms with van der Waals surface area (Å²) in [5.74, 6) is 0.760. The molecule has 2 saturated heterocycles. The molecule has 1 amide bonds. The first kappa shape index (κ1) is 16.9. The molecule has 0 N–H and O–H groups in total. The average Bonchev–Trinajstić information content (AvgIpc) is 3.38. The van der Waals surface area contributed by atoms with Crippen LogP contribution in [0.4, 0.5) is 5.69 Å². The molecule has 2 aliphatic heterocycles. The standard InChI is InChI=1S/C21H31N3O/c1-2-10-22-11-8-21(9-12-22)17-19(21)20(25)24-15-13-23(14-16-24)18-6-4-3-5-7-18/h3-7,19H,2,8-17H2,1H3/t19-/m1/s1. The summed E-state index contributed by atoms with van der Waals surface area (Å²) in [6.07, 6.45) is 4.84. The second-order valence-electron chi connectivity index (χ2n) is 8.11. The lowest BCUT2D eigenvalue weighted by Crippen LogP contribution is -2.50. The number of hydrogen-bond donors (Lipinski definition) is 0. The second kappa shape index (κ2) is 6.99. The molecule has 1 atom stereocenters. The Morgan fingerprint density at radius 2 is 1.72 bits per heavy atom. The zero-order valence-electron chi connectivity index (χ0n) is 15.5. The van der Waals surface area contributed by atoms with Crippen LogP contribution in [0.5, 0.6) is 0 Å². The molecule has 1 aromatic carbocycles. The number of benzene rings is 1. The van der Waals surface area contributed by atoms with Crippen LogP contribution in [-0.4, -0.2) is 61.5 Å². The number of carbonyl (C=O) groups is 1. The fourth-order valence-electron chi connectivity index (χ4n) is 4.83. The van der Waals surface area contributed by atoms with Crippen LogP contribution < -0.4 is 4.90 Å². The molecular weight excluding hydrogens is 310 g/mol. The third-order valence-electron chi connectivity index (χ3n) is 6.59. The van der Waals surface area contributed by atoms with Gasteiger partial charge < -0.3 is 14.7 Å². The van der Waals surface area contributed by atoms with Crippen molar-refractivity contribution in [3.8, 4) is 0 Å². The molecule has 25 heavy (non-hydrogen) atoms. The number of para-hydroxylation sites is 1. The highest BCUT2D eigenvalue weighted by Gasteiger charge is 2.59. The highest BCUT2D eigenvalue weighted by molar-refractivity contribution is 5.83. The van der Waals surface area contributed by atoms with Gasteiger partial charge in [-0.2, -0.15) is 0 Å². The first-order valence-corrected chi connectivity index (χ1v) is 10.0. The van der Waals surface area contributed by atoms with Crippen molar-refractivity contribution in [2.24, 2.45) is 11.3 Å². The molecule has 3 aliphatic rings. The maximum Gasteiger partial charge on any atom is 0.226 e. The Labute approximate surface area is 151 Å². The lowest BCUT2D eigenvalue weighted by molar-refractivity contribution is -0.134. The fourth-order valence-corrected chi connectivity index (χ4v) is 4.83. The molecule has 0 aromatic heterocycles. The van der Waals surface area contributed by atoms with Gasteiger partial charge in [0.25, 0.3) is 0 Å². The first-order valence-electron chi connectivity index (χ1n) is 10.0. The molecule has 1 aromatic rings. The van der Waals surface area contributed by atoms with Crippen molar-refractivity contribution in [1.82, 2.24) is 9.80 Å². The zero-order chi connectivity index (χ0) is 17.3. The monoisotopic (exact) mass is 341 g/mol. The van der Waals surface area contributed by atoms with Crippen LogP contribution in [0.15, 0.2) is 30.3 Å². The van der Waals surface area contributed by atoms with E-state index in [1.807, 2.05) is 0 Å². The molecule has 0 bridgehead atoms. The van der Waals surface area contributed by atoms with E-state index in [0.717, 1.165) is 32.6 Å². The van der Waals surface area contributed by atoms with Gasteiger partial charge in [0.15, 0.2) is 0 Å². The molecule has 0 unspecified atom stereocenters. The summed E-state index contributed by atoms with van der Waals surface area (Å²) in [6.45, 7) is 9.53. The Hall–Kier alpha value is -1.55. The van der Waals surface area contributed by atoms with E-state index in [0.29, 0.717) is 17.2 Å². The third kappa shape index (κ3) is 3.41. The van der Waals surface area contributed by atoms with Gasteiger partial charge in [-0.05, 0) is 62.9 Å². The van der Waals surface area contributed by atoms with E-state index in [2.05, 4.69) is 52.0 Å². The van der Waals surface area contributed by atoms with Crippen LogP contribution in [0.1, 0.15) is 32.6 Å². The topological polar surface area (TPSA) is 26.8 Å². The fraction of sp³-hybridized carbons (Fsp3) is 0.667.